The molecule has 0 unspecified atom stereocenters. The van der Waals surface area contributed by atoms with Crippen molar-refractivity contribution in [3.05, 3.63) is 29.6 Å². The van der Waals surface area contributed by atoms with Crippen molar-refractivity contribution in [2.75, 3.05) is 12.3 Å². The van der Waals surface area contributed by atoms with E-state index in [-0.39, 0.29) is 0 Å². The maximum atomic E-state index is 13.5. The van der Waals surface area contributed by atoms with Gasteiger partial charge in [0.15, 0.2) is 0 Å². The summed E-state index contributed by atoms with van der Waals surface area (Å²) in [6.07, 6.45) is 0. The first-order valence-electron chi connectivity index (χ1n) is 5.06. The Kier molecular flexibility index (Phi) is 4.81. The molecule has 20 heavy (non-hydrogen) atoms. The van der Waals surface area contributed by atoms with Crippen LogP contribution in [0.5, 0.6) is 0 Å². The predicted molar refractivity (Wildman–Crippen MR) is 66.5 cm³/mol. The van der Waals surface area contributed by atoms with Crippen LogP contribution in [-0.2, 0) is 20.0 Å². The van der Waals surface area contributed by atoms with Gasteiger partial charge in [0.2, 0.25) is 20.0 Å². The number of carboxylic acid groups (broad SMARTS) is 1. The number of aromatic carboxylic acids is 1. The Morgan fingerprint density at radius 2 is 1.90 bits per heavy atom. The third-order valence-corrected chi connectivity index (χ3v) is 4.41. The van der Waals surface area contributed by atoms with Crippen LogP contribution in [0.15, 0.2) is 23.1 Å². The van der Waals surface area contributed by atoms with Crippen molar-refractivity contribution in [3.63, 3.8) is 0 Å². The van der Waals surface area contributed by atoms with Crippen LogP contribution in [-0.4, -0.2) is 40.2 Å². The topological polar surface area (TPSA) is 144 Å². The molecule has 0 saturated carbocycles. The molecule has 0 heterocycles. The van der Waals surface area contributed by atoms with E-state index in [1.807, 2.05) is 4.72 Å². The molecule has 1 rings (SSSR count). The van der Waals surface area contributed by atoms with Gasteiger partial charge in [-0.05, 0) is 18.2 Å². The molecule has 0 aromatic heterocycles. The van der Waals surface area contributed by atoms with Gasteiger partial charge in [-0.2, -0.15) is 0 Å². The molecule has 112 valence electrons. The average Bonchev–Trinajstić information content (AvgIpc) is 2.26. The highest BCUT2D eigenvalue weighted by Gasteiger charge is 2.20. The Balaban J connectivity index is 2.96. The van der Waals surface area contributed by atoms with Gasteiger partial charge >= 0.3 is 5.97 Å². The van der Waals surface area contributed by atoms with E-state index in [1.165, 1.54) is 0 Å². The average molecular weight is 326 g/mol. The minimum atomic E-state index is -4.29. The van der Waals surface area contributed by atoms with E-state index in [1.54, 1.807) is 0 Å². The number of hydrogen-bond donors (Lipinski definition) is 3. The fourth-order valence-corrected chi connectivity index (χ4v) is 2.85. The summed E-state index contributed by atoms with van der Waals surface area (Å²) in [5.41, 5.74) is -0.411. The SMILES string of the molecule is NS(=O)(=O)CCNS(=O)(=O)c1ccc(C(=O)O)cc1F. The van der Waals surface area contributed by atoms with Gasteiger partial charge in [0.05, 0.1) is 11.3 Å². The molecule has 0 bridgehead atoms. The molecule has 1 aromatic carbocycles. The number of sulfonamides is 2. The Bertz CT molecular complexity index is 729. The van der Waals surface area contributed by atoms with Gasteiger partial charge in [0.1, 0.15) is 10.7 Å². The second-order valence-electron chi connectivity index (χ2n) is 3.72. The van der Waals surface area contributed by atoms with E-state index in [9.17, 15) is 26.0 Å². The maximum absolute atomic E-state index is 13.5. The summed E-state index contributed by atoms with van der Waals surface area (Å²) in [5.74, 6) is -3.32. The highest BCUT2D eigenvalue weighted by Crippen LogP contribution is 2.15. The minimum absolute atomic E-state index is 0.411. The van der Waals surface area contributed by atoms with Crippen molar-refractivity contribution < 1.29 is 31.1 Å². The molecule has 0 aliphatic carbocycles. The van der Waals surface area contributed by atoms with Crippen molar-refractivity contribution in [2.45, 2.75) is 4.90 Å². The van der Waals surface area contributed by atoms with Crippen LogP contribution in [0.25, 0.3) is 0 Å². The van der Waals surface area contributed by atoms with Gasteiger partial charge in [0.25, 0.3) is 0 Å². The fourth-order valence-electron chi connectivity index (χ4n) is 1.25. The van der Waals surface area contributed by atoms with Crippen LogP contribution < -0.4 is 9.86 Å². The van der Waals surface area contributed by atoms with Crippen molar-refractivity contribution in [1.82, 2.24) is 4.72 Å². The molecule has 11 heteroatoms. The van der Waals surface area contributed by atoms with E-state index in [0.717, 1.165) is 12.1 Å². The molecule has 0 radical (unpaired) electrons. The number of halogens is 1. The summed E-state index contributed by atoms with van der Waals surface area (Å²) in [6, 6.07) is 2.24. The van der Waals surface area contributed by atoms with Crippen LogP contribution in [0.2, 0.25) is 0 Å². The summed E-state index contributed by atoms with van der Waals surface area (Å²) < 4.78 is 60.0. The molecule has 0 atom stereocenters. The normalized spacial score (nSPS) is 12.3. The monoisotopic (exact) mass is 326 g/mol. The van der Waals surface area contributed by atoms with Gasteiger partial charge in [-0.3, -0.25) is 0 Å². The van der Waals surface area contributed by atoms with E-state index in [0.29, 0.717) is 6.07 Å². The number of nitrogens with one attached hydrogen (secondary N) is 1. The summed E-state index contributed by atoms with van der Waals surface area (Å²) in [4.78, 5) is 9.80. The number of rotatable bonds is 6. The van der Waals surface area contributed by atoms with E-state index >= 15 is 0 Å². The van der Waals surface area contributed by atoms with Crippen LogP contribution in [0, 0.1) is 5.82 Å². The van der Waals surface area contributed by atoms with Crippen molar-refractivity contribution >= 4 is 26.0 Å². The van der Waals surface area contributed by atoms with Crippen molar-refractivity contribution in [2.24, 2.45) is 5.14 Å². The second kappa shape index (κ2) is 5.83. The third kappa shape index (κ3) is 4.52. The number of primary sulfonamides is 1. The highest BCUT2D eigenvalue weighted by atomic mass is 32.2. The molecule has 0 fully saturated rings. The predicted octanol–water partition coefficient (Wildman–Crippen LogP) is -0.909. The Hall–Kier alpha value is -1.56. The molecule has 0 amide bonds. The molecular weight excluding hydrogens is 315 g/mol. The van der Waals surface area contributed by atoms with Crippen LogP contribution in [0.4, 0.5) is 4.39 Å². The highest BCUT2D eigenvalue weighted by molar-refractivity contribution is 7.90. The van der Waals surface area contributed by atoms with E-state index in [4.69, 9.17) is 5.11 Å². The Labute approximate surface area is 114 Å². The third-order valence-electron chi connectivity index (χ3n) is 2.15. The van der Waals surface area contributed by atoms with Gasteiger partial charge < -0.3 is 5.11 Å². The summed E-state index contributed by atoms with van der Waals surface area (Å²) >= 11 is 0. The fraction of sp³-hybridized carbons (Fsp3) is 0.222. The number of hydrogen-bond acceptors (Lipinski definition) is 5. The first kappa shape index (κ1) is 16.5. The first-order valence-corrected chi connectivity index (χ1v) is 8.26. The van der Waals surface area contributed by atoms with Crippen molar-refractivity contribution in [3.8, 4) is 0 Å². The molecule has 0 spiro atoms. The van der Waals surface area contributed by atoms with Gasteiger partial charge in [-0.25, -0.2) is 35.9 Å². The summed E-state index contributed by atoms with van der Waals surface area (Å²) in [6.45, 7) is -0.526. The first-order chi connectivity index (χ1) is 9.03. The molecule has 8 nitrogen and oxygen atoms in total. The lowest BCUT2D eigenvalue weighted by atomic mass is 10.2. The minimum Gasteiger partial charge on any atom is -0.478 e. The van der Waals surface area contributed by atoms with Crippen molar-refractivity contribution in [1.29, 1.82) is 0 Å². The summed E-state index contributed by atoms with van der Waals surface area (Å²) in [5, 5.41) is 13.3. The van der Waals surface area contributed by atoms with E-state index in [2.05, 4.69) is 5.14 Å². The zero-order chi connectivity index (χ0) is 15.6. The van der Waals surface area contributed by atoms with Crippen LogP contribution in [0.3, 0.4) is 0 Å². The second-order valence-corrected chi connectivity index (χ2v) is 7.18. The Morgan fingerprint density at radius 1 is 1.30 bits per heavy atom. The summed E-state index contributed by atoms with van der Waals surface area (Å²) in [7, 11) is -8.15. The maximum Gasteiger partial charge on any atom is 0.335 e. The van der Waals surface area contributed by atoms with Gasteiger partial charge in [-0.15, -0.1) is 0 Å². The van der Waals surface area contributed by atoms with E-state index < -0.39 is 54.6 Å². The molecule has 0 aliphatic rings. The number of carboxylic acids is 1. The lowest BCUT2D eigenvalue weighted by molar-refractivity contribution is 0.0696. The number of nitrogens with two attached hydrogens (primary N) is 1. The number of carbonyl (C=O) groups is 1. The molecule has 1 aromatic rings. The Morgan fingerprint density at radius 3 is 2.35 bits per heavy atom. The van der Waals surface area contributed by atoms with Crippen LogP contribution >= 0.6 is 0 Å². The standard InChI is InChI=1S/C9H11FN2O6S2/c10-7-5-6(9(13)14)1-2-8(7)20(17,18)12-3-4-19(11,15)16/h1-2,5,12H,3-4H2,(H,13,14)(H2,11,15,16). The lowest BCUT2D eigenvalue weighted by Crippen LogP contribution is -2.32. The molecule has 0 saturated heterocycles. The van der Waals surface area contributed by atoms with Crippen LogP contribution in [0.1, 0.15) is 10.4 Å². The quantitative estimate of drug-likeness (QED) is 0.617. The zero-order valence-corrected chi connectivity index (χ0v) is 11.5. The smallest absolute Gasteiger partial charge is 0.335 e. The zero-order valence-electron chi connectivity index (χ0n) is 9.91. The number of benzene rings is 1. The molecular formula is C9H11FN2O6S2. The largest absolute Gasteiger partial charge is 0.478 e. The van der Waals surface area contributed by atoms with Gasteiger partial charge in [0, 0.05) is 6.54 Å². The molecule has 0 aliphatic heterocycles. The molecule has 4 N–H and O–H groups in total. The lowest BCUT2D eigenvalue weighted by Gasteiger charge is -2.07. The van der Waals surface area contributed by atoms with Gasteiger partial charge in [-0.1, -0.05) is 0 Å².